The minimum atomic E-state index is -0.452. The Morgan fingerprint density at radius 1 is 1.12 bits per heavy atom. The number of aliphatic imine (C=N–C) groups is 1. The maximum absolute atomic E-state index is 12.2. The summed E-state index contributed by atoms with van der Waals surface area (Å²) in [6, 6.07) is 15.7. The molecule has 6 nitrogen and oxygen atoms in total. The average molecular weight is 360 g/mol. The van der Waals surface area contributed by atoms with E-state index in [1.165, 1.54) is 0 Å². The van der Waals surface area contributed by atoms with Crippen LogP contribution < -0.4 is 20.8 Å². The largest absolute Gasteiger partial charge is 0.370 e. The minimum Gasteiger partial charge on any atom is -0.370 e. The van der Waals surface area contributed by atoms with Crippen molar-refractivity contribution in [3.05, 3.63) is 54.6 Å². The highest BCUT2D eigenvalue weighted by Gasteiger charge is 2.13. The number of rotatable bonds is 5. The van der Waals surface area contributed by atoms with E-state index in [1.807, 2.05) is 24.3 Å². The molecule has 0 saturated carbocycles. The molecular weight excluding hydrogens is 338 g/mol. The van der Waals surface area contributed by atoms with Crippen LogP contribution in [0.3, 0.4) is 0 Å². The number of nitrogens with one attached hydrogen (secondary N) is 2. The van der Waals surface area contributed by atoms with Crippen molar-refractivity contribution in [3.63, 3.8) is 0 Å². The van der Waals surface area contributed by atoms with E-state index in [-0.39, 0.29) is 0 Å². The van der Waals surface area contributed by atoms with Gasteiger partial charge in [-0.3, -0.25) is 4.99 Å². The molecule has 132 valence electrons. The van der Waals surface area contributed by atoms with E-state index in [4.69, 9.17) is 17.5 Å². The lowest BCUT2D eigenvalue weighted by Crippen LogP contribution is -2.27. The van der Waals surface area contributed by atoms with E-state index in [0.717, 1.165) is 10.1 Å². The van der Waals surface area contributed by atoms with E-state index >= 15 is 0 Å². The van der Waals surface area contributed by atoms with Crippen LogP contribution in [0.2, 0.25) is 0 Å². The van der Waals surface area contributed by atoms with Crippen molar-refractivity contribution >= 4 is 40.8 Å². The minimum absolute atomic E-state index is 0.334. The monoisotopic (exact) mass is 359 g/mol. The number of hydrogen-bond donors (Lipinski definition) is 3. The second kappa shape index (κ2) is 8.94. The molecule has 0 aliphatic rings. The number of urea groups is 1. The highest BCUT2D eigenvalue weighted by molar-refractivity contribution is 6.38. The summed E-state index contributed by atoms with van der Waals surface area (Å²) in [6.07, 6.45) is 0. The number of nitrogens with zero attached hydrogens (tertiary/aromatic N) is 2. The molecule has 0 fully saturated rings. The topological polar surface area (TPSA) is 82.7 Å². The van der Waals surface area contributed by atoms with Gasteiger partial charge < -0.3 is 16.4 Å². The number of nitrogens with two attached hydrogens (primary N) is 1. The number of carbonyl (C=O) groups excluding carboxylic acids is 1. The van der Waals surface area contributed by atoms with E-state index < -0.39 is 6.03 Å². The van der Waals surface area contributed by atoms with Gasteiger partial charge in [0.25, 0.3) is 0 Å². The van der Waals surface area contributed by atoms with Crippen LogP contribution in [-0.4, -0.2) is 18.5 Å². The van der Waals surface area contributed by atoms with E-state index in [2.05, 4.69) is 29.5 Å². The Labute approximate surface area is 152 Å². The molecule has 0 heterocycles. The number of benzene rings is 2. The van der Waals surface area contributed by atoms with Crippen LogP contribution in [0.5, 0.6) is 0 Å². The van der Waals surface area contributed by atoms with Crippen molar-refractivity contribution in [3.8, 4) is 0 Å². The fraction of sp³-hybridized carbons (Fsp3) is 0.222. The molecule has 0 atom stereocenters. The van der Waals surface area contributed by atoms with Gasteiger partial charge in [-0.25, -0.2) is 9.21 Å². The van der Waals surface area contributed by atoms with Gasteiger partial charge in [0.05, 0.1) is 5.69 Å². The Morgan fingerprint density at radius 3 is 2.40 bits per heavy atom. The smallest absolute Gasteiger partial charge is 0.341 e. The summed E-state index contributed by atoms with van der Waals surface area (Å²) in [5, 5.41) is 5.74. The lowest BCUT2D eigenvalue weighted by molar-refractivity contribution is 0.260. The zero-order valence-electron chi connectivity index (χ0n) is 14.2. The number of para-hydroxylation sites is 1. The molecule has 0 unspecified atom stereocenters. The van der Waals surface area contributed by atoms with Gasteiger partial charge >= 0.3 is 6.03 Å². The van der Waals surface area contributed by atoms with Crippen molar-refractivity contribution in [2.24, 2.45) is 16.6 Å². The van der Waals surface area contributed by atoms with E-state index in [9.17, 15) is 4.79 Å². The molecule has 2 aromatic rings. The Kier molecular flexibility index (Phi) is 6.65. The Bertz CT molecular complexity index is 733. The molecule has 7 heteroatoms. The number of amides is 2. The predicted octanol–water partition coefficient (Wildman–Crippen LogP) is 4.26. The van der Waals surface area contributed by atoms with Crippen molar-refractivity contribution < 1.29 is 4.79 Å². The third-order valence-corrected chi connectivity index (χ3v) is 3.52. The number of halogens is 1. The Balaban J connectivity index is 2.01. The number of hydrogen-bond acceptors (Lipinski definition) is 2. The van der Waals surface area contributed by atoms with Gasteiger partial charge in [0.15, 0.2) is 5.96 Å². The average Bonchev–Trinajstić information content (AvgIpc) is 2.60. The molecule has 2 rings (SSSR count). The molecule has 2 amide bonds. The van der Waals surface area contributed by atoms with E-state index in [0.29, 0.717) is 29.8 Å². The standard InChI is InChI=1S/C18H22ClN5O/c1-13(2)12-21-17(20)22-14-7-6-8-15(11-14)23-18(25)24(19)16-9-4-3-5-10-16/h3-11,13H,12H2,1-2H3,(H,23,25)(H3,20,21,22). The first kappa shape index (κ1) is 18.6. The van der Waals surface area contributed by atoms with Crippen LogP contribution in [0.1, 0.15) is 13.8 Å². The van der Waals surface area contributed by atoms with Crippen LogP contribution in [-0.2, 0) is 0 Å². The van der Waals surface area contributed by atoms with Crippen molar-refractivity contribution in [2.45, 2.75) is 13.8 Å². The SMILES string of the molecule is CC(C)CN=C(N)Nc1cccc(NC(=O)N(Cl)c2ccccc2)c1. The first-order chi connectivity index (χ1) is 12.0. The first-order valence-electron chi connectivity index (χ1n) is 7.94. The van der Waals surface area contributed by atoms with Crippen LogP contribution >= 0.6 is 11.8 Å². The highest BCUT2D eigenvalue weighted by atomic mass is 35.5. The maximum Gasteiger partial charge on any atom is 0.341 e. The van der Waals surface area contributed by atoms with Crippen LogP contribution in [0.15, 0.2) is 59.6 Å². The Hall–Kier alpha value is -2.73. The normalized spacial score (nSPS) is 11.3. The fourth-order valence-electron chi connectivity index (χ4n) is 1.99. The van der Waals surface area contributed by atoms with Crippen LogP contribution in [0, 0.1) is 5.92 Å². The van der Waals surface area contributed by atoms with Gasteiger partial charge in [-0.1, -0.05) is 38.1 Å². The van der Waals surface area contributed by atoms with E-state index in [1.54, 1.807) is 30.3 Å². The van der Waals surface area contributed by atoms with Crippen molar-refractivity contribution in [1.29, 1.82) is 0 Å². The molecule has 0 aliphatic carbocycles. The lowest BCUT2D eigenvalue weighted by Gasteiger charge is -2.15. The number of guanidine groups is 1. The second-order valence-electron chi connectivity index (χ2n) is 5.87. The quantitative estimate of drug-likeness (QED) is 0.423. The highest BCUT2D eigenvalue weighted by Crippen LogP contribution is 2.19. The molecule has 4 N–H and O–H groups in total. The number of carbonyl (C=O) groups is 1. The van der Waals surface area contributed by atoms with Crippen molar-refractivity contribution in [2.75, 3.05) is 21.6 Å². The zero-order chi connectivity index (χ0) is 18.2. The first-order valence-corrected chi connectivity index (χ1v) is 8.28. The zero-order valence-corrected chi connectivity index (χ0v) is 15.0. The summed E-state index contributed by atoms with van der Waals surface area (Å²) in [5.41, 5.74) is 7.75. The molecule has 0 saturated heterocycles. The van der Waals surface area contributed by atoms with Gasteiger partial charge in [0.1, 0.15) is 0 Å². The summed E-state index contributed by atoms with van der Waals surface area (Å²) < 4.78 is 1.03. The third kappa shape index (κ3) is 6.00. The summed E-state index contributed by atoms with van der Waals surface area (Å²) in [5.74, 6) is 0.763. The second-order valence-corrected chi connectivity index (χ2v) is 6.21. The van der Waals surface area contributed by atoms with Crippen molar-refractivity contribution in [1.82, 2.24) is 0 Å². The molecule has 0 radical (unpaired) electrons. The van der Waals surface area contributed by atoms with Crippen LogP contribution in [0.25, 0.3) is 0 Å². The lowest BCUT2D eigenvalue weighted by atomic mass is 10.2. The summed E-state index contributed by atoms with van der Waals surface area (Å²) in [4.78, 5) is 16.5. The molecular formula is C18H22ClN5O. The third-order valence-electron chi connectivity index (χ3n) is 3.17. The van der Waals surface area contributed by atoms with Gasteiger partial charge in [-0.2, -0.15) is 0 Å². The maximum atomic E-state index is 12.2. The van der Waals surface area contributed by atoms with Gasteiger partial charge in [0.2, 0.25) is 0 Å². The Morgan fingerprint density at radius 2 is 1.76 bits per heavy atom. The van der Waals surface area contributed by atoms with Gasteiger partial charge in [-0.05, 0) is 36.2 Å². The predicted molar refractivity (Wildman–Crippen MR) is 105 cm³/mol. The summed E-state index contributed by atoms with van der Waals surface area (Å²) >= 11 is 6.07. The summed E-state index contributed by atoms with van der Waals surface area (Å²) in [6.45, 7) is 4.78. The number of anilines is 3. The van der Waals surface area contributed by atoms with Crippen LogP contribution in [0.4, 0.5) is 21.9 Å². The molecule has 0 spiro atoms. The van der Waals surface area contributed by atoms with Gasteiger partial charge in [-0.15, -0.1) is 0 Å². The molecule has 0 aliphatic heterocycles. The van der Waals surface area contributed by atoms with Gasteiger partial charge in [0, 0.05) is 29.7 Å². The molecule has 2 aromatic carbocycles. The fourth-order valence-corrected chi connectivity index (χ4v) is 2.15. The molecule has 0 aromatic heterocycles. The summed E-state index contributed by atoms with van der Waals surface area (Å²) in [7, 11) is 0. The molecule has 25 heavy (non-hydrogen) atoms. The molecule has 0 bridgehead atoms.